The number of ketones is 2. The Morgan fingerprint density at radius 2 is 1.68 bits per heavy atom. The zero-order valence-electron chi connectivity index (χ0n) is 10.3. The zero-order valence-corrected chi connectivity index (χ0v) is 10.3. The predicted octanol–water partition coefficient (Wildman–Crippen LogP) is 0.142. The number of carbonyl (C=O) groups excluding carboxylic acids is 5. The van der Waals surface area contributed by atoms with Crippen LogP contribution in [0.5, 0.6) is 0 Å². The van der Waals surface area contributed by atoms with Crippen LogP contribution in [0.1, 0.15) is 32.6 Å². The molecule has 0 radical (unpaired) electrons. The number of rotatable bonds is 6. The Bertz CT molecular complexity index is 413. The minimum absolute atomic E-state index is 0.0242. The monoisotopic (exact) mass is 271 g/mol. The van der Waals surface area contributed by atoms with Gasteiger partial charge in [-0.15, -0.1) is 0 Å². The van der Waals surface area contributed by atoms with E-state index in [4.69, 9.17) is 0 Å². The molecule has 1 rings (SSSR count). The lowest BCUT2D eigenvalue weighted by Crippen LogP contribution is -2.32. The van der Waals surface area contributed by atoms with E-state index in [1.807, 2.05) is 0 Å². The zero-order chi connectivity index (χ0) is 14.4. The normalized spacial score (nSPS) is 14.5. The van der Waals surface area contributed by atoms with Gasteiger partial charge in [-0.05, 0) is 6.92 Å². The summed E-state index contributed by atoms with van der Waals surface area (Å²) in [7, 11) is 0. The van der Waals surface area contributed by atoms with Crippen LogP contribution in [0.2, 0.25) is 0 Å². The van der Waals surface area contributed by atoms with E-state index in [0.29, 0.717) is 5.06 Å². The van der Waals surface area contributed by atoms with E-state index in [1.165, 1.54) is 6.92 Å². The molecule has 0 unspecified atom stereocenters. The minimum atomic E-state index is -1.31. The van der Waals surface area contributed by atoms with Crippen molar-refractivity contribution in [2.45, 2.75) is 32.6 Å². The molecule has 104 valence electrons. The fraction of sp³-hybridized carbons (Fsp3) is 0.545. The summed E-state index contributed by atoms with van der Waals surface area (Å²) in [6, 6.07) is 0. The van der Waals surface area contributed by atoms with Crippen LogP contribution in [0.3, 0.4) is 0 Å². The Labute approximate surface area is 108 Å². The molecule has 1 fully saturated rings. The van der Waals surface area contributed by atoms with Crippen LogP contribution >= 0.6 is 0 Å². The highest BCUT2D eigenvalue weighted by Gasteiger charge is 2.33. The Kier molecular flexibility index (Phi) is 5.16. The van der Waals surface area contributed by atoms with Gasteiger partial charge in [-0.25, -0.2) is 4.79 Å². The molecule has 1 aliphatic heterocycles. The summed E-state index contributed by atoms with van der Waals surface area (Å²) in [6.45, 7) is 0.773. The molecule has 1 saturated heterocycles. The van der Waals surface area contributed by atoms with Gasteiger partial charge in [-0.1, -0.05) is 5.06 Å². The largest absolute Gasteiger partial charge is 0.534 e. The van der Waals surface area contributed by atoms with E-state index in [9.17, 15) is 24.0 Å². The van der Waals surface area contributed by atoms with E-state index in [-0.39, 0.29) is 31.5 Å². The summed E-state index contributed by atoms with van der Waals surface area (Å²) in [6.07, 6.45) is -1.32. The van der Waals surface area contributed by atoms with Crippen molar-refractivity contribution in [1.29, 1.82) is 0 Å². The standard InChI is InChI=1S/C11H13NO7/c1-7(13)2-3-8(14)6-18-11(17)19-12-9(15)4-5-10(12)16/h2-6H2,1H3. The van der Waals surface area contributed by atoms with E-state index in [0.717, 1.165) is 0 Å². The summed E-state index contributed by atoms with van der Waals surface area (Å²) in [5.74, 6) is -1.87. The van der Waals surface area contributed by atoms with Crippen LogP contribution in [-0.2, 0) is 28.8 Å². The number of hydroxylamine groups is 2. The second-order valence-electron chi connectivity index (χ2n) is 3.95. The maximum absolute atomic E-state index is 11.2. The Morgan fingerprint density at radius 3 is 2.21 bits per heavy atom. The molecule has 0 atom stereocenters. The molecule has 0 spiro atoms. The Hall–Kier alpha value is -2.25. The van der Waals surface area contributed by atoms with Crippen molar-refractivity contribution in [1.82, 2.24) is 5.06 Å². The van der Waals surface area contributed by atoms with Gasteiger partial charge >= 0.3 is 6.16 Å². The number of hydrogen-bond acceptors (Lipinski definition) is 7. The first-order chi connectivity index (χ1) is 8.90. The van der Waals surface area contributed by atoms with Crippen molar-refractivity contribution in [2.24, 2.45) is 0 Å². The number of nitrogens with zero attached hydrogens (tertiary/aromatic N) is 1. The molecule has 0 bridgehead atoms. The summed E-state index contributed by atoms with van der Waals surface area (Å²) in [5, 5.41) is 0.322. The second kappa shape index (κ2) is 6.62. The van der Waals surface area contributed by atoms with Crippen molar-refractivity contribution in [3.63, 3.8) is 0 Å². The van der Waals surface area contributed by atoms with E-state index in [1.54, 1.807) is 0 Å². The molecular weight excluding hydrogens is 258 g/mol. The molecule has 1 heterocycles. The van der Waals surface area contributed by atoms with Crippen molar-refractivity contribution < 1.29 is 33.5 Å². The first-order valence-corrected chi connectivity index (χ1v) is 5.62. The molecule has 0 saturated carbocycles. The minimum Gasteiger partial charge on any atom is -0.425 e. The molecule has 8 nitrogen and oxygen atoms in total. The highest BCUT2D eigenvalue weighted by Crippen LogP contribution is 2.12. The fourth-order valence-corrected chi connectivity index (χ4v) is 1.29. The summed E-state index contributed by atoms with van der Waals surface area (Å²) in [5.41, 5.74) is 0. The van der Waals surface area contributed by atoms with Crippen molar-refractivity contribution in [2.75, 3.05) is 6.61 Å². The van der Waals surface area contributed by atoms with Crippen LogP contribution in [0.15, 0.2) is 0 Å². The molecule has 0 aromatic carbocycles. The molecule has 19 heavy (non-hydrogen) atoms. The van der Waals surface area contributed by atoms with E-state index >= 15 is 0 Å². The van der Waals surface area contributed by atoms with Gasteiger partial charge < -0.3 is 9.53 Å². The van der Waals surface area contributed by atoms with Crippen LogP contribution in [0.4, 0.5) is 4.79 Å². The van der Waals surface area contributed by atoms with Gasteiger partial charge in [0, 0.05) is 25.7 Å². The fourth-order valence-electron chi connectivity index (χ4n) is 1.29. The molecule has 1 aliphatic rings. The number of hydrogen-bond donors (Lipinski definition) is 0. The molecule has 8 heteroatoms. The lowest BCUT2D eigenvalue weighted by molar-refractivity contribution is -0.177. The second-order valence-corrected chi connectivity index (χ2v) is 3.95. The van der Waals surface area contributed by atoms with Gasteiger partial charge in [0.1, 0.15) is 5.78 Å². The highest BCUT2D eigenvalue weighted by molar-refractivity contribution is 6.01. The van der Waals surface area contributed by atoms with Crippen LogP contribution in [-0.4, -0.2) is 41.2 Å². The predicted molar refractivity (Wildman–Crippen MR) is 58.4 cm³/mol. The number of amides is 2. The Balaban J connectivity index is 2.28. The average molecular weight is 271 g/mol. The third-order valence-electron chi connectivity index (χ3n) is 2.28. The van der Waals surface area contributed by atoms with E-state index in [2.05, 4.69) is 9.57 Å². The molecule has 2 amide bonds. The summed E-state index contributed by atoms with van der Waals surface area (Å²) in [4.78, 5) is 59.5. The van der Waals surface area contributed by atoms with Crippen molar-refractivity contribution in [3.8, 4) is 0 Å². The first-order valence-electron chi connectivity index (χ1n) is 5.62. The topological polar surface area (TPSA) is 107 Å². The SMILES string of the molecule is CC(=O)CCC(=O)COC(=O)ON1C(=O)CCC1=O. The van der Waals surface area contributed by atoms with Gasteiger partial charge in [-0.3, -0.25) is 19.2 Å². The van der Waals surface area contributed by atoms with Gasteiger partial charge in [0.15, 0.2) is 12.4 Å². The molecular formula is C11H13NO7. The third-order valence-corrected chi connectivity index (χ3v) is 2.28. The summed E-state index contributed by atoms with van der Waals surface area (Å²) >= 11 is 0. The molecule has 0 aromatic rings. The summed E-state index contributed by atoms with van der Waals surface area (Å²) < 4.78 is 4.43. The number of Topliss-reactive ketones (excluding diaryl/α,β-unsaturated/α-hetero) is 2. The smallest absolute Gasteiger partial charge is 0.425 e. The average Bonchev–Trinajstić information content (AvgIpc) is 2.65. The highest BCUT2D eigenvalue weighted by atomic mass is 16.8. The molecule has 0 aromatic heterocycles. The van der Waals surface area contributed by atoms with Gasteiger partial charge in [0.2, 0.25) is 0 Å². The lowest BCUT2D eigenvalue weighted by atomic mass is 10.2. The first kappa shape index (κ1) is 14.8. The van der Waals surface area contributed by atoms with E-state index < -0.39 is 30.4 Å². The Morgan fingerprint density at radius 1 is 1.11 bits per heavy atom. The van der Waals surface area contributed by atoms with Gasteiger partial charge in [0.25, 0.3) is 11.8 Å². The molecule has 0 aliphatic carbocycles. The number of imide groups is 1. The van der Waals surface area contributed by atoms with Crippen LogP contribution in [0.25, 0.3) is 0 Å². The third kappa shape index (κ3) is 4.86. The quantitative estimate of drug-likeness (QED) is 0.499. The van der Waals surface area contributed by atoms with Gasteiger partial charge in [0.05, 0.1) is 0 Å². The number of ether oxygens (including phenoxy) is 1. The van der Waals surface area contributed by atoms with Crippen LogP contribution < -0.4 is 0 Å². The van der Waals surface area contributed by atoms with Crippen molar-refractivity contribution in [3.05, 3.63) is 0 Å². The van der Waals surface area contributed by atoms with Crippen LogP contribution in [0, 0.1) is 0 Å². The van der Waals surface area contributed by atoms with Gasteiger partial charge in [-0.2, -0.15) is 0 Å². The lowest BCUT2D eigenvalue weighted by Gasteiger charge is -2.11. The maximum atomic E-state index is 11.2. The number of carbonyl (C=O) groups is 5. The van der Waals surface area contributed by atoms with Crippen molar-refractivity contribution >= 4 is 29.5 Å². The molecule has 0 N–H and O–H groups in total. The maximum Gasteiger partial charge on any atom is 0.534 e.